The molecule has 1 atom stereocenters. The molecule has 1 aromatic heterocycles. The van der Waals surface area contributed by atoms with Gasteiger partial charge in [-0.2, -0.15) is 5.01 Å². The van der Waals surface area contributed by atoms with Crippen LogP contribution in [0.1, 0.15) is 17.4 Å². The third kappa shape index (κ3) is 5.07. The van der Waals surface area contributed by atoms with Crippen molar-refractivity contribution in [3.63, 3.8) is 0 Å². The number of hydrogen-bond acceptors (Lipinski definition) is 6. The zero-order chi connectivity index (χ0) is 22.6. The van der Waals surface area contributed by atoms with Gasteiger partial charge in [0.2, 0.25) is 0 Å². The topological polar surface area (TPSA) is 91.0 Å². The molecule has 2 N–H and O–H groups in total. The Morgan fingerprint density at radius 3 is 2.61 bits per heavy atom. The number of hydrazine groups is 1. The van der Waals surface area contributed by atoms with E-state index >= 15 is 0 Å². The van der Waals surface area contributed by atoms with Crippen LogP contribution < -0.4 is 15.5 Å². The maximum absolute atomic E-state index is 13.0. The molecule has 1 saturated heterocycles. The van der Waals surface area contributed by atoms with Gasteiger partial charge < -0.3 is 10.1 Å². The number of ether oxygens (including phenoxy) is 1. The number of carbonyl (C=O) groups excluding carboxylic acids is 3. The van der Waals surface area contributed by atoms with Crippen molar-refractivity contribution in [1.82, 2.24) is 20.7 Å². The van der Waals surface area contributed by atoms with Crippen LogP contribution in [0.15, 0.2) is 49.1 Å². The summed E-state index contributed by atoms with van der Waals surface area (Å²) in [4.78, 5) is 40.9. The summed E-state index contributed by atoms with van der Waals surface area (Å²) < 4.78 is 5.79. The highest BCUT2D eigenvalue weighted by Gasteiger charge is 2.50. The zero-order valence-electron chi connectivity index (χ0n) is 17.2. The number of rotatable bonds is 9. The van der Waals surface area contributed by atoms with E-state index in [4.69, 9.17) is 16.3 Å². The minimum Gasteiger partial charge on any atom is -0.497 e. The van der Waals surface area contributed by atoms with Crippen LogP contribution in [-0.4, -0.2) is 48.0 Å². The first-order valence-corrected chi connectivity index (χ1v) is 10.6. The van der Waals surface area contributed by atoms with E-state index in [1.54, 1.807) is 50.4 Å². The van der Waals surface area contributed by atoms with Gasteiger partial charge in [0.05, 0.1) is 18.0 Å². The quantitative estimate of drug-likeness (QED) is 0.441. The Morgan fingerprint density at radius 2 is 2.03 bits per heavy atom. The first-order chi connectivity index (χ1) is 14.8. The van der Waals surface area contributed by atoms with E-state index in [2.05, 4.69) is 17.3 Å². The smallest absolute Gasteiger partial charge is 0.344 e. The van der Waals surface area contributed by atoms with Crippen molar-refractivity contribution >= 4 is 40.8 Å². The summed E-state index contributed by atoms with van der Waals surface area (Å²) in [6, 6.07) is 9.77. The molecule has 0 spiro atoms. The molecule has 0 bridgehead atoms. The van der Waals surface area contributed by atoms with Crippen LogP contribution in [0.3, 0.4) is 0 Å². The minimum atomic E-state index is -1.30. The first kappa shape index (κ1) is 22.8. The summed E-state index contributed by atoms with van der Waals surface area (Å²) in [7, 11) is 1.54. The Bertz CT molecular complexity index is 994. The zero-order valence-corrected chi connectivity index (χ0v) is 18.8. The average molecular weight is 463 g/mol. The molecule has 1 aliphatic heterocycles. The fourth-order valence-corrected chi connectivity index (χ4v) is 4.38. The Labute approximate surface area is 189 Å². The lowest BCUT2D eigenvalue weighted by Crippen LogP contribution is -2.50. The van der Waals surface area contributed by atoms with E-state index in [-0.39, 0.29) is 6.54 Å². The van der Waals surface area contributed by atoms with Crippen LogP contribution >= 0.6 is 22.9 Å². The Kier molecular flexibility index (Phi) is 6.99. The number of imide groups is 1. The molecule has 0 saturated carbocycles. The first-order valence-electron chi connectivity index (χ1n) is 9.45. The molecule has 0 unspecified atom stereocenters. The number of halogens is 1. The van der Waals surface area contributed by atoms with Crippen LogP contribution in [0.25, 0.3) is 0 Å². The van der Waals surface area contributed by atoms with Crippen LogP contribution in [0, 0.1) is 0 Å². The van der Waals surface area contributed by atoms with Crippen molar-refractivity contribution < 1.29 is 19.1 Å². The molecule has 3 rings (SSSR count). The van der Waals surface area contributed by atoms with Gasteiger partial charge in [0.25, 0.3) is 11.8 Å². The number of nitrogens with zero attached hydrogens (tertiary/aromatic N) is 2. The van der Waals surface area contributed by atoms with E-state index in [0.29, 0.717) is 28.7 Å². The molecule has 4 amide bonds. The molecule has 0 radical (unpaired) electrons. The van der Waals surface area contributed by atoms with Crippen molar-refractivity contribution in [1.29, 1.82) is 0 Å². The second kappa shape index (κ2) is 9.51. The van der Waals surface area contributed by atoms with Crippen molar-refractivity contribution in [2.45, 2.75) is 19.0 Å². The second-order valence-corrected chi connectivity index (χ2v) is 8.92. The predicted molar refractivity (Wildman–Crippen MR) is 119 cm³/mol. The van der Waals surface area contributed by atoms with Crippen molar-refractivity contribution in [3.8, 4) is 5.75 Å². The molecule has 31 heavy (non-hydrogen) atoms. The molecule has 1 fully saturated rings. The molecule has 2 heterocycles. The van der Waals surface area contributed by atoms with Gasteiger partial charge in [-0.1, -0.05) is 29.8 Å². The number of nitrogens with one attached hydrogen (secondary N) is 2. The standard InChI is InChI=1S/C21H23ClN4O4S/c1-4-11-25(12-16-9-10-17(22)31-16)13-18(27)24-26-19(28)21(2,23-20(26)29)14-5-7-15(30-3)8-6-14/h4-10H,1,11-13H2,2-3H3,(H,23,29)(H,24,27)/t21-/m0/s1. The van der Waals surface area contributed by atoms with E-state index in [1.165, 1.54) is 11.3 Å². The number of thiophene rings is 1. The molecule has 10 heteroatoms. The number of methoxy groups -OCH3 is 1. The molecular weight excluding hydrogens is 440 g/mol. The van der Waals surface area contributed by atoms with Crippen molar-refractivity contribution in [2.75, 3.05) is 20.2 Å². The summed E-state index contributed by atoms with van der Waals surface area (Å²) in [5.41, 5.74) is 1.69. The summed E-state index contributed by atoms with van der Waals surface area (Å²) in [5.74, 6) is -0.438. The number of urea groups is 1. The van der Waals surface area contributed by atoms with Gasteiger partial charge >= 0.3 is 6.03 Å². The summed E-state index contributed by atoms with van der Waals surface area (Å²) in [6.07, 6.45) is 1.68. The highest BCUT2D eigenvalue weighted by atomic mass is 35.5. The summed E-state index contributed by atoms with van der Waals surface area (Å²) >= 11 is 7.39. The summed E-state index contributed by atoms with van der Waals surface area (Å²) in [6.45, 7) is 6.21. The number of carbonyl (C=O) groups is 3. The molecule has 164 valence electrons. The van der Waals surface area contributed by atoms with Crippen LogP contribution in [0.2, 0.25) is 4.34 Å². The molecule has 1 aliphatic rings. The van der Waals surface area contributed by atoms with Gasteiger partial charge in [-0.05, 0) is 36.8 Å². The second-order valence-electron chi connectivity index (χ2n) is 7.12. The van der Waals surface area contributed by atoms with Crippen molar-refractivity contribution in [2.24, 2.45) is 0 Å². The third-order valence-electron chi connectivity index (χ3n) is 4.86. The lowest BCUT2D eigenvalue weighted by molar-refractivity contribution is -0.139. The molecule has 0 aliphatic carbocycles. The Hall–Kier alpha value is -2.88. The Morgan fingerprint density at radius 1 is 1.32 bits per heavy atom. The fraction of sp³-hybridized carbons (Fsp3) is 0.286. The average Bonchev–Trinajstić information content (AvgIpc) is 3.24. The maximum atomic E-state index is 13.0. The van der Waals surface area contributed by atoms with E-state index < -0.39 is 23.4 Å². The van der Waals surface area contributed by atoms with Crippen molar-refractivity contribution in [3.05, 3.63) is 63.8 Å². The molecular formula is C21H23ClN4O4S. The maximum Gasteiger partial charge on any atom is 0.344 e. The number of benzene rings is 1. The highest BCUT2D eigenvalue weighted by Crippen LogP contribution is 2.29. The number of amides is 4. The van der Waals surface area contributed by atoms with Gasteiger partial charge in [0.1, 0.15) is 11.3 Å². The van der Waals surface area contributed by atoms with E-state index in [1.807, 2.05) is 11.0 Å². The molecule has 2 aromatic rings. The van der Waals surface area contributed by atoms with Gasteiger partial charge in [0, 0.05) is 18.0 Å². The SMILES string of the molecule is C=CCN(CC(=O)NN1C(=O)N[C@@](C)(c2ccc(OC)cc2)C1=O)Cc1ccc(Cl)s1. The van der Waals surface area contributed by atoms with Crippen LogP contribution in [-0.2, 0) is 21.7 Å². The fourth-order valence-electron chi connectivity index (χ4n) is 3.25. The lowest BCUT2D eigenvalue weighted by atomic mass is 9.92. The van der Waals surface area contributed by atoms with Crippen LogP contribution in [0.4, 0.5) is 4.79 Å². The third-order valence-corrected chi connectivity index (χ3v) is 6.07. The highest BCUT2D eigenvalue weighted by molar-refractivity contribution is 7.16. The number of hydrogen-bond donors (Lipinski definition) is 2. The Balaban J connectivity index is 1.67. The van der Waals surface area contributed by atoms with Gasteiger partial charge in [-0.15, -0.1) is 17.9 Å². The predicted octanol–water partition coefficient (Wildman–Crippen LogP) is 2.90. The van der Waals surface area contributed by atoms with E-state index in [9.17, 15) is 14.4 Å². The minimum absolute atomic E-state index is 0.0299. The van der Waals surface area contributed by atoms with Gasteiger partial charge in [-0.25, -0.2) is 4.79 Å². The van der Waals surface area contributed by atoms with E-state index in [0.717, 1.165) is 9.89 Å². The largest absolute Gasteiger partial charge is 0.497 e. The van der Waals surface area contributed by atoms with Gasteiger partial charge in [0.15, 0.2) is 0 Å². The molecule has 1 aromatic carbocycles. The lowest BCUT2D eigenvalue weighted by Gasteiger charge is -2.23. The summed E-state index contributed by atoms with van der Waals surface area (Å²) in [5, 5.41) is 3.37. The normalized spacial score (nSPS) is 18.3. The van der Waals surface area contributed by atoms with Crippen LogP contribution in [0.5, 0.6) is 5.75 Å². The monoisotopic (exact) mass is 462 g/mol. The molecule has 8 nitrogen and oxygen atoms in total. The van der Waals surface area contributed by atoms with Gasteiger partial charge in [-0.3, -0.25) is 19.9 Å².